The highest BCUT2D eigenvalue weighted by molar-refractivity contribution is 5.67. The average molecular weight is 442 g/mol. The first-order chi connectivity index (χ1) is 14.8. The Hall–Kier alpha value is -1.89. The molecule has 0 unspecified atom stereocenters. The number of nitrogens with zero attached hydrogens (tertiary/aromatic N) is 1. The van der Waals surface area contributed by atoms with Crippen molar-refractivity contribution in [3.8, 4) is 0 Å². The average Bonchev–Trinajstić information content (AvgIpc) is 2.72. The van der Waals surface area contributed by atoms with Crippen LogP contribution in [0.2, 0.25) is 0 Å². The number of carboxylic acid groups (broad SMARTS) is 3. The van der Waals surface area contributed by atoms with Crippen LogP contribution in [0.25, 0.3) is 0 Å². The van der Waals surface area contributed by atoms with Crippen LogP contribution in [-0.2, 0) is 14.4 Å². The predicted molar refractivity (Wildman–Crippen MR) is 119 cm³/mol. The van der Waals surface area contributed by atoms with E-state index >= 15 is 0 Å². The van der Waals surface area contributed by atoms with E-state index in [2.05, 4.69) is 19.1 Å². The fraction of sp³-hybridized carbons (Fsp3) is 0.792. The SMILES string of the molecule is CCC/C=C/CCCCCCCCCC[N+](CCC(=O)[O-])(CCC(=O)O)CCC(=O)O. The molecule has 0 aromatic carbocycles. The number of hydrogen-bond acceptors (Lipinski definition) is 4. The van der Waals surface area contributed by atoms with E-state index in [1.54, 1.807) is 0 Å². The van der Waals surface area contributed by atoms with Crippen LogP contribution in [0.15, 0.2) is 12.2 Å². The van der Waals surface area contributed by atoms with Crippen molar-refractivity contribution in [3.05, 3.63) is 12.2 Å². The number of allylic oxidation sites excluding steroid dienone is 2. The Morgan fingerprint density at radius 1 is 0.677 bits per heavy atom. The molecule has 0 aliphatic carbocycles. The molecular weight excluding hydrogens is 398 g/mol. The van der Waals surface area contributed by atoms with Crippen LogP contribution in [0.4, 0.5) is 0 Å². The Labute approximate surface area is 187 Å². The number of carbonyl (C=O) groups is 3. The second kappa shape index (κ2) is 18.8. The van der Waals surface area contributed by atoms with Crippen LogP contribution >= 0.6 is 0 Å². The van der Waals surface area contributed by atoms with Crippen molar-refractivity contribution in [2.45, 2.75) is 96.8 Å². The molecule has 180 valence electrons. The highest BCUT2D eigenvalue weighted by Crippen LogP contribution is 2.16. The van der Waals surface area contributed by atoms with Crippen molar-refractivity contribution in [1.29, 1.82) is 0 Å². The maximum absolute atomic E-state index is 11.1. The molecule has 0 bridgehead atoms. The summed E-state index contributed by atoms with van der Waals surface area (Å²) in [4.78, 5) is 33.1. The third kappa shape index (κ3) is 18.6. The lowest BCUT2D eigenvalue weighted by atomic mass is 10.1. The molecule has 7 nitrogen and oxygen atoms in total. The van der Waals surface area contributed by atoms with Gasteiger partial charge in [-0.2, -0.15) is 0 Å². The van der Waals surface area contributed by atoms with E-state index < -0.39 is 17.9 Å². The van der Waals surface area contributed by atoms with Crippen LogP contribution in [0.5, 0.6) is 0 Å². The number of quaternary nitrogens is 1. The van der Waals surface area contributed by atoms with Gasteiger partial charge in [0.05, 0.1) is 39.0 Å². The molecule has 0 amide bonds. The third-order valence-corrected chi connectivity index (χ3v) is 5.77. The van der Waals surface area contributed by atoms with Crippen molar-refractivity contribution in [1.82, 2.24) is 0 Å². The summed E-state index contributed by atoms with van der Waals surface area (Å²) < 4.78 is 0.220. The minimum atomic E-state index is -1.19. The van der Waals surface area contributed by atoms with Crippen molar-refractivity contribution < 1.29 is 34.2 Å². The van der Waals surface area contributed by atoms with Gasteiger partial charge in [0.1, 0.15) is 0 Å². The lowest BCUT2D eigenvalue weighted by Gasteiger charge is -2.38. The molecule has 0 aliphatic rings. The molecule has 0 fully saturated rings. The van der Waals surface area contributed by atoms with Crippen molar-refractivity contribution >= 4 is 17.9 Å². The first-order valence-corrected chi connectivity index (χ1v) is 11.9. The Morgan fingerprint density at radius 3 is 1.61 bits per heavy atom. The van der Waals surface area contributed by atoms with Crippen LogP contribution in [0.1, 0.15) is 96.8 Å². The Kier molecular flexibility index (Phi) is 17.7. The van der Waals surface area contributed by atoms with Crippen LogP contribution < -0.4 is 5.11 Å². The zero-order valence-corrected chi connectivity index (χ0v) is 19.4. The van der Waals surface area contributed by atoms with Gasteiger partial charge in [0.2, 0.25) is 0 Å². The molecule has 0 aromatic rings. The minimum Gasteiger partial charge on any atom is -0.550 e. The maximum atomic E-state index is 11.1. The molecule has 31 heavy (non-hydrogen) atoms. The zero-order chi connectivity index (χ0) is 23.4. The first-order valence-electron chi connectivity index (χ1n) is 11.9. The van der Waals surface area contributed by atoms with Crippen molar-refractivity contribution in [2.75, 3.05) is 26.2 Å². The van der Waals surface area contributed by atoms with Crippen molar-refractivity contribution in [3.63, 3.8) is 0 Å². The fourth-order valence-electron chi connectivity index (χ4n) is 3.84. The Morgan fingerprint density at radius 2 is 1.13 bits per heavy atom. The van der Waals surface area contributed by atoms with Crippen LogP contribution in [0.3, 0.4) is 0 Å². The summed E-state index contributed by atoms with van der Waals surface area (Å²) in [6.07, 6.45) is 16.7. The second-order valence-electron chi connectivity index (χ2n) is 8.52. The second-order valence-corrected chi connectivity index (χ2v) is 8.52. The molecule has 0 atom stereocenters. The minimum absolute atomic E-state index is 0.0969. The first kappa shape index (κ1) is 29.1. The highest BCUT2D eigenvalue weighted by atomic mass is 16.4. The summed E-state index contributed by atoms with van der Waals surface area (Å²) in [5.41, 5.74) is 0. The number of carbonyl (C=O) groups excluding carboxylic acids is 1. The van der Waals surface area contributed by atoms with E-state index in [9.17, 15) is 19.5 Å². The van der Waals surface area contributed by atoms with Gasteiger partial charge in [-0.05, 0) is 32.1 Å². The van der Waals surface area contributed by atoms with E-state index in [1.165, 1.54) is 44.9 Å². The number of carboxylic acids is 3. The monoisotopic (exact) mass is 441 g/mol. The normalized spacial score (nSPS) is 11.8. The van der Waals surface area contributed by atoms with E-state index in [1.807, 2.05) is 0 Å². The summed E-state index contributed by atoms with van der Waals surface area (Å²) in [6.45, 7) is 3.52. The molecule has 0 aliphatic heterocycles. The molecule has 0 aromatic heterocycles. The lowest BCUT2D eigenvalue weighted by Crippen LogP contribution is -2.53. The molecule has 0 saturated heterocycles. The molecule has 0 saturated carbocycles. The predicted octanol–water partition coefficient (Wildman–Crippen LogP) is 3.76. The van der Waals surface area contributed by atoms with Gasteiger partial charge in [0.25, 0.3) is 0 Å². The number of unbranched alkanes of at least 4 members (excludes halogenated alkanes) is 9. The topological polar surface area (TPSA) is 115 Å². The fourth-order valence-corrected chi connectivity index (χ4v) is 3.84. The van der Waals surface area contributed by atoms with Gasteiger partial charge in [0.15, 0.2) is 0 Å². The van der Waals surface area contributed by atoms with Gasteiger partial charge in [-0.3, -0.25) is 9.59 Å². The molecular formula is C24H43NO6. The Balaban J connectivity index is 4.27. The van der Waals surface area contributed by atoms with E-state index in [-0.39, 0.29) is 43.4 Å². The standard InChI is InChI=1S/C24H43NO6/c1-2-3-4-5-6-7-8-9-10-11-12-13-14-18-25(19-15-22(26)27,20-16-23(28)29)21-17-24(30)31/h4-5H,2-3,6-21H2,1H3,(H2-,26,27,28,29,30,31)/b5-4+. The van der Waals surface area contributed by atoms with Gasteiger partial charge in [0, 0.05) is 12.4 Å². The van der Waals surface area contributed by atoms with Crippen LogP contribution in [0, 0.1) is 0 Å². The summed E-state index contributed by atoms with van der Waals surface area (Å²) in [5, 5.41) is 29.1. The Bertz CT molecular complexity index is 487. The summed E-state index contributed by atoms with van der Waals surface area (Å²) >= 11 is 0. The molecule has 7 heteroatoms. The van der Waals surface area contributed by atoms with E-state index in [0.717, 1.165) is 25.7 Å². The summed E-state index contributed by atoms with van der Waals surface area (Å²) in [5.74, 6) is -3.09. The number of hydrogen-bond donors (Lipinski definition) is 2. The third-order valence-electron chi connectivity index (χ3n) is 5.77. The molecule has 0 rings (SSSR count). The van der Waals surface area contributed by atoms with Gasteiger partial charge in [-0.25, -0.2) is 0 Å². The summed E-state index contributed by atoms with van der Waals surface area (Å²) in [6, 6.07) is 0. The lowest BCUT2D eigenvalue weighted by molar-refractivity contribution is -0.927. The van der Waals surface area contributed by atoms with Gasteiger partial charge in [-0.1, -0.05) is 57.6 Å². The largest absolute Gasteiger partial charge is 0.550 e. The van der Waals surface area contributed by atoms with Crippen molar-refractivity contribution in [2.24, 2.45) is 0 Å². The summed E-state index contributed by atoms with van der Waals surface area (Å²) in [7, 11) is 0. The van der Waals surface area contributed by atoms with Crippen LogP contribution in [-0.4, -0.2) is 58.8 Å². The van der Waals surface area contributed by atoms with Gasteiger partial charge < -0.3 is 24.6 Å². The molecule has 0 heterocycles. The quantitative estimate of drug-likeness (QED) is 0.150. The number of aliphatic carboxylic acids is 3. The molecule has 0 radical (unpaired) electrons. The van der Waals surface area contributed by atoms with Gasteiger partial charge in [-0.15, -0.1) is 0 Å². The zero-order valence-electron chi connectivity index (χ0n) is 19.4. The van der Waals surface area contributed by atoms with Gasteiger partial charge >= 0.3 is 11.9 Å². The molecule has 0 spiro atoms. The van der Waals surface area contributed by atoms with E-state index in [4.69, 9.17) is 10.2 Å². The smallest absolute Gasteiger partial charge is 0.309 e. The highest BCUT2D eigenvalue weighted by Gasteiger charge is 2.28. The molecule has 2 N–H and O–H groups in total. The maximum Gasteiger partial charge on any atom is 0.309 e. The number of rotatable bonds is 22. The van der Waals surface area contributed by atoms with E-state index in [0.29, 0.717) is 6.54 Å².